The number of ether oxygens (including phenoxy) is 1. The fraction of sp³-hybridized carbons (Fsp3) is 0.538. The second-order valence-corrected chi connectivity index (χ2v) is 4.90. The monoisotopic (exact) mass is 225 g/mol. The number of halogens is 1. The first-order valence-electron chi connectivity index (χ1n) is 5.52. The van der Waals surface area contributed by atoms with Gasteiger partial charge in [0, 0.05) is 12.2 Å². The molecule has 0 atom stereocenters. The lowest BCUT2D eigenvalue weighted by Gasteiger charge is -2.19. The van der Waals surface area contributed by atoms with E-state index in [0.29, 0.717) is 13.2 Å². The van der Waals surface area contributed by atoms with Crippen LogP contribution < -0.4 is 5.32 Å². The van der Waals surface area contributed by atoms with Crippen LogP contribution in [0.5, 0.6) is 0 Å². The zero-order valence-electron chi connectivity index (χ0n) is 10.4. The molecule has 0 saturated carbocycles. The van der Waals surface area contributed by atoms with Gasteiger partial charge in [0.2, 0.25) is 0 Å². The number of nitrogens with one attached hydrogen (secondary N) is 1. The molecule has 1 aromatic carbocycles. The minimum absolute atomic E-state index is 0.125. The molecular weight excluding hydrogens is 205 g/mol. The molecule has 16 heavy (non-hydrogen) atoms. The normalized spacial score (nSPS) is 11.6. The number of anilines is 1. The van der Waals surface area contributed by atoms with Crippen LogP contribution in [0, 0.1) is 12.7 Å². The number of rotatable bonds is 4. The summed E-state index contributed by atoms with van der Waals surface area (Å²) in [5, 5.41) is 3.13. The summed E-state index contributed by atoms with van der Waals surface area (Å²) in [7, 11) is 0. The molecule has 1 N–H and O–H groups in total. The smallest absolute Gasteiger partial charge is 0.125 e. The van der Waals surface area contributed by atoms with E-state index in [9.17, 15) is 4.39 Å². The van der Waals surface area contributed by atoms with Gasteiger partial charge < -0.3 is 10.1 Å². The SMILES string of the molecule is Cc1cc(F)cc(NCCOC(C)(C)C)c1. The maximum Gasteiger partial charge on any atom is 0.125 e. The molecule has 1 rings (SSSR count). The Morgan fingerprint density at radius 3 is 2.50 bits per heavy atom. The average molecular weight is 225 g/mol. The predicted octanol–water partition coefficient (Wildman–Crippen LogP) is 3.36. The van der Waals surface area contributed by atoms with Crippen LogP contribution in [0.4, 0.5) is 10.1 Å². The van der Waals surface area contributed by atoms with E-state index in [0.717, 1.165) is 11.3 Å². The van der Waals surface area contributed by atoms with Crippen molar-refractivity contribution in [2.24, 2.45) is 0 Å². The Morgan fingerprint density at radius 1 is 1.25 bits per heavy atom. The van der Waals surface area contributed by atoms with E-state index in [2.05, 4.69) is 5.32 Å². The molecule has 0 bridgehead atoms. The first-order chi connectivity index (χ1) is 7.37. The van der Waals surface area contributed by atoms with E-state index in [-0.39, 0.29) is 11.4 Å². The van der Waals surface area contributed by atoms with Gasteiger partial charge in [-0.25, -0.2) is 4.39 Å². The third-order valence-corrected chi connectivity index (χ3v) is 2.01. The van der Waals surface area contributed by atoms with Gasteiger partial charge in [0.1, 0.15) is 5.82 Å². The highest BCUT2D eigenvalue weighted by atomic mass is 19.1. The van der Waals surface area contributed by atoms with Crippen LogP contribution >= 0.6 is 0 Å². The van der Waals surface area contributed by atoms with Gasteiger partial charge in [-0.2, -0.15) is 0 Å². The molecule has 0 aliphatic heterocycles. The van der Waals surface area contributed by atoms with Gasteiger partial charge >= 0.3 is 0 Å². The van der Waals surface area contributed by atoms with E-state index < -0.39 is 0 Å². The van der Waals surface area contributed by atoms with Crippen molar-refractivity contribution in [3.8, 4) is 0 Å². The van der Waals surface area contributed by atoms with Crippen LogP contribution in [-0.2, 0) is 4.74 Å². The molecule has 0 heterocycles. The van der Waals surface area contributed by atoms with Crippen molar-refractivity contribution in [3.63, 3.8) is 0 Å². The summed E-state index contributed by atoms with van der Waals surface area (Å²) in [5.41, 5.74) is 1.59. The largest absolute Gasteiger partial charge is 0.383 e. The summed E-state index contributed by atoms with van der Waals surface area (Å²) in [6, 6.07) is 4.92. The second-order valence-electron chi connectivity index (χ2n) is 4.90. The number of benzene rings is 1. The van der Waals surface area contributed by atoms with Gasteiger partial charge in [-0.3, -0.25) is 0 Å². The van der Waals surface area contributed by atoms with Crippen LogP contribution in [0.25, 0.3) is 0 Å². The fourth-order valence-electron chi connectivity index (χ4n) is 1.39. The van der Waals surface area contributed by atoms with Gasteiger partial charge in [-0.1, -0.05) is 0 Å². The standard InChI is InChI=1S/C13H20FNO/c1-10-7-11(14)9-12(8-10)15-5-6-16-13(2,3)4/h7-9,15H,5-6H2,1-4H3. The number of aryl methyl sites for hydroxylation is 1. The predicted molar refractivity (Wildman–Crippen MR) is 65.3 cm³/mol. The Balaban J connectivity index is 2.37. The zero-order chi connectivity index (χ0) is 12.2. The third kappa shape index (κ3) is 5.12. The maximum absolute atomic E-state index is 13.1. The number of hydrogen-bond acceptors (Lipinski definition) is 2. The van der Waals surface area contributed by atoms with Crippen LogP contribution in [0.15, 0.2) is 18.2 Å². The van der Waals surface area contributed by atoms with Crippen LogP contribution in [-0.4, -0.2) is 18.8 Å². The van der Waals surface area contributed by atoms with E-state index >= 15 is 0 Å². The topological polar surface area (TPSA) is 21.3 Å². The fourth-order valence-corrected chi connectivity index (χ4v) is 1.39. The molecule has 0 aromatic heterocycles. The lowest BCUT2D eigenvalue weighted by molar-refractivity contribution is 0.00333. The van der Waals surface area contributed by atoms with Crippen molar-refractivity contribution in [2.45, 2.75) is 33.3 Å². The van der Waals surface area contributed by atoms with Crippen LogP contribution in [0.3, 0.4) is 0 Å². The molecule has 1 aromatic rings. The molecule has 0 fully saturated rings. The Morgan fingerprint density at radius 2 is 1.94 bits per heavy atom. The lowest BCUT2D eigenvalue weighted by atomic mass is 10.2. The first kappa shape index (κ1) is 13.0. The average Bonchev–Trinajstić information content (AvgIpc) is 2.09. The number of hydrogen-bond donors (Lipinski definition) is 1. The molecule has 0 spiro atoms. The summed E-state index contributed by atoms with van der Waals surface area (Å²) in [4.78, 5) is 0. The van der Waals surface area contributed by atoms with Gasteiger partial charge in [-0.05, 0) is 51.5 Å². The van der Waals surface area contributed by atoms with Gasteiger partial charge in [0.25, 0.3) is 0 Å². The Hall–Kier alpha value is -1.09. The molecule has 0 saturated heterocycles. The summed E-state index contributed by atoms with van der Waals surface area (Å²) in [6.07, 6.45) is 0. The third-order valence-electron chi connectivity index (χ3n) is 2.01. The Kier molecular flexibility index (Phi) is 4.30. The van der Waals surface area contributed by atoms with Crippen molar-refractivity contribution in [1.82, 2.24) is 0 Å². The van der Waals surface area contributed by atoms with Gasteiger partial charge in [-0.15, -0.1) is 0 Å². The van der Waals surface area contributed by atoms with Crippen molar-refractivity contribution in [2.75, 3.05) is 18.5 Å². The van der Waals surface area contributed by atoms with Crippen LogP contribution in [0.2, 0.25) is 0 Å². The first-order valence-corrected chi connectivity index (χ1v) is 5.52. The highest BCUT2D eigenvalue weighted by molar-refractivity contribution is 5.45. The second kappa shape index (κ2) is 5.30. The maximum atomic E-state index is 13.1. The van der Waals surface area contributed by atoms with Crippen molar-refractivity contribution < 1.29 is 9.13 Å². The Labute approximate surface area is 96.8 Å². The van der Waals surface area contributed by atoms with E-state index in [4.69, 9.17) is 4.74 Å². The highest BCUT2D eigenvalue weighted by Gasteiger charge is 2.08. The zero-order valence-corrected chi connectivity index (χ0v) is 10.4. The van der Waals surface area contributed by atoms with Crippen molar-refractivity contribution >= 4 is 5.69 Å². The Bertz CT molecular complexity index is 324. The van der Waals surface area contributed by atoms with Crippen LogP contribution in [0.1, 0.15) is 26.3 Å². The van der Waals surface area contributed by atoms with Crippen molar-refractivity contribution in [1.29, 1.82) is 0 Å². The molecule has 0 aliphatic carbocycles. The molecule has 0 aliphatic rings. The molecule has 0 amide bonds. The highest BCUT2D eigenvalue weighted by Crippen LogP contribution is 2.13. The molecular formula is C13H20FNO. The summed E-state index contributed by atoms with van der Waals surface area (Å²) >= 11 is 0. The minimum atomic E-state index is -0.209. The molecule has 3 heteroatoms. The lowest BCUT2D eigenvalue weighted by Crippen LogP contribution is -2.23. The molecule has 0 unspecified atom stereocenters. The molecule has 2 nitrogen and oxygen atoms in total. The molecule has 90 valence electrons. The minimum Gasteiger partial charge on any atom is -0.383 e. The van der Waals surface area contributed by atoms with E-state index in [1.54, 1.807) is 0 Å². The summed E-state index contributed by atoms with van der Waals surface area (Å²) < 4.78 is 18.6. The van der Waals surface area contributed by atoms with E-state index in [1.165, 1.54) is 12.1 Å². The molecule has 0 radical (unpaired) electrons. The van der Waals surface area contributed by atoms with Gasteiger partial charge in [0.15, 0.2) is 0 Å². The quantitative estimate of drug-likeness (QED) is 0.793. The summed E-state index contributed by atoms with van der Waals surface area (Å²) in [6.45, 7) is 9.21. The van der Waals surface area contributed by atoms with Gasteiger partial charge in [0.05, 0.1) is 12.2 Å². The van der Waals surface area contributed by atoms with Crippen molar-refractivity contribution in [3.05, 3.63) is 29.6 Å². The van der Waals surface area contributed by atoms with E-state index in [1.807, 2.05) is 33.8 Å². The summed E-state index contributed by atoms with van der Waals surface area (Å²) in [5.74, 6) is -0.209.